The molecule has 2 unspecified atom stereocenters. The van der Waals surface area contributed by atoms with Crippen LogP contribution in [0.2, 0.25) is 0 Å². The molecule has 2 amide bonds. The lowest BCUT2D eigenvalue weighted by atomic mass is 9.86. The van der Waals surface area contributed by atoms with E-state index in [9.17, 15) is 9.59 Å². The van der Waals surface area contributed by atoms with E-state index < -0.39 is 6.04 Å². The molecule has 6 heteroatoms. The van der Waals surface area contributed by atoms with Gasteiger partial charge in [-0.15, -0.1) is 12.4 Å². The summed E-state index contributed by atoms with van der Waals surface area (Å²) in [6, 6.07) is 7.10. The molecule has 28 heavy (non-hydrogen) atoms. The SMILES string of the molecule is CC(C)C(NC(=O)c1ccc(C(C)(C)C)cc1)C(=O)NCC1CCCNC1.Cl. The van der Waals surface area contributed by atoms with Crippen LogP contribution in [0.1, 0.15) is 63.4 Å². The van der Waals surface area contributed by atoms with Crippen LogP contribution in [0, 0.1) is 11.8 Å². The number of carbonyl (C=O) groups is 2. The second-order valence-corrected chi connectivity index (χ2v) is 8.98. The number of rotatable bonds is 6. The number of carbonyl (C=O) groups excluding carboxylic acids is 2. The van der Waals surface area contributed by atoms with Crippen LogP contribution in [0.3, 0.4) is 0 Å². The molecule has 1 heterocycles. The Balaban J connectivity index is 0.00000392. The van der Waals surface area contributed by atoms with Crippen LogP contribution in [0.4, 0.5) is 0 Å². The maximum Gasteiger partial charge on any atom is 0.251 e. The average Bonchev–Trinajstić information content (AvgIpc) is 2.64. The minimum Gasteiger partial charge on any atom is -0.354 e. The van der Waals surface area contributed by atoms with Gasteiger partial charge >= 0.3 is 0 Å². The molecule has 1 aromatic rings. The van der Waals surface area contributed by atoms with Gasteiger partial charge in [0, 0.05) is 12.1 Å². The van der Waals surface area contributed by atoms with Crippen molar-refractivity contribution in [2.24, 2.45) is 11.8 Å². The third-order valence-corrected chi connectivity index (χ3v) is 5.21. The second kappa shape index (κ2) is 10.8. The van der Waals surface area contributed by atoms with E-state index >= 15 is 0 Å². The van der Waals surface area contributed by atoms with Crippen LogP contribution >= 0.6 is 12.4 Å². The zero-order valence-corrected chi connectivity index (χ0v) is 18.6. The summed E-state index contributed by atoms with van der Waals surface area (Å²) in [5.41, 5.74) is 1.81. The first-order chi connectivity index (χ1) is 12.7. The Morgan fingerprint density at radius 1 is 1.18 bits per heavy atom. The first-order valence-corrected chi connectivity index (χ1v) is 10.1. The molecule has 0 aliphatic carbocycles. The van der Waals surface area contributed by atoms with Crippen molar-refractivity contribution in [1.82, 2.24) is 16.0 Å². The fourth-order valence-corrected chi connectivity index (χ4v) is 3.33. The van der Waals surface area contributed by atoms with Crippen molar-refractivity contribution in [3.63, 3.8) is 0 Å². The summed E-state index contributed by atoms with van der Waals surface area (Å²) in [6.07, 6.45) is 2.28. The molecule has 1 aliphatic rings. The Labute approximate surface area is 175 Å². The third kappa shape index (κ3) is 7.10. The van der Waals surface area contributed by atoms with Gasteiger partial charge < -0.3 is 16.0 Å². The fraction of sp³-hybridized carbons (Fsp3) is 0.636. The summed E-state index contributed by atoms with van der Waals surface area (Å²) in [4.78, 5) is 25.3. The zero-order valence-electron chi connectivity index (χ0n) is 17.8. The summed E-state index contributed by atoms with van der Waals surface area (Å²) < 4.78 is 0. The molecule has 158 valence electrons. The van der Waals surface area contributed by atoms with Crippen molar-refractivity contribution in [3.05, 3.63) is 35.4 Å². The van der Waals surface area contributed by atoms with Crippen LogP contribution in [0.25, 0.3) is 0 Å². The topological polar surface area (TPSA) is 70.2 Å². The van der Waals surface area contributed by atoms with Gasteiger partial charge in [0.05, 0.1) is 0 Å². The molecule has 1 fully saturated rings. The molecule has 5 nitrogen and oxygen atoms in total. The van der Waals surface area contributed by atoms with E-state index in [4.69, 9.17) is 0 Å². The standard InChI is InChI=1S/C22H35N3O2.ClH/c1-15(2)19(21(27)24-14-16-7-6-12-23-13-16)25-20(26)17-8-10-18(11-9-17)22(3,4)5;/h8-11,15-16,19,23H,6-7,12-14H2,1-5H3,(H,24,27)(H,25,26);1H. The lowest BCUT2D eigenvalue weighted by Crippen LogP contribution is -2.51. The summed E-state index contributed by atoms with van der Waals surface area (Å²) in [6.45, 7) is 13.0. The van der Waals surface area contributed by atoms with E-state index in [2.05, 4.69) is 36.7 Å². The third-order valence-electron chi connectivity index (χ3n) is 5.21. The maximum atomic E-state index is 12.6. The molecule has 0 radical (unpaired) electrons. The summed E-state index contributed by atoms with van der Waals surface area (Å²) in [5.74, 6) is 0.183. The maximum absolute atomic E-state index is 12.6. The van der Waals surface area contributed by atoms with E-state index in [0.717, 1.165) is 25.9 Å². The van der Waals surface area contributed by atoms with Crippen LogP contribution < -0.4 is 16.0 Å². The van der Waals surface area contributed by atoms with Crippen LogP contribution in [-0.4, -0.2) is 37.5 Å². The van der Waals surface area contributed by atoms with Gasteiger partial charge in [0.2, 0.25) is 5.91 Å². The van der Waals surface area contributed by atoms with Crippen molar-refractivity contribution in [1.29, 1.82) is 0 Å². The molecular formula is C22H36ClN3O2. The van der Waals surface area contributed by atoms with Crippen molar-refractivity contribution >= 4 is 24.2 Å². The van der Waals surface area contributed by atoms with Gasteiger partial charge in [0.25, 0.3) is 5.91 Å². The van der Waals surface area contributed by atoms with Crippen LogP contribution in [0.15, 0.2) is 24.3 Å². The molecular weight excluding hydrogens is 374 g/mol. The molecule has 0 spiro atoms. The van der Waals surface area contributed by atoms with Gasteiger partial charge in [-0.05, 0) is 60.9 Å². The number of benzene rings is 1. The Morgan fingerprint density at radius 3 is 2.32 bits per heavy atom. The van der Waals surface area contributed by atoms with Crippen LogP contribution in [0.5, 0.6) is 0 Å². The first kappa shape index (κ1) is 24.4. The van der Waals surface area contributed by atoms with E-state index in [1.54, 1.807) is 0 Å². The Morgan fingerprint density at radius 2 is 1.82 bits per heavy atom. The predicted octanol–water partition coefficient (Wildman–Crippen LogP) is 3.28. The van der Waals surface area contributed by atoms with Gasteiger partial charge in [0.1, 0.15) is 6.04 Å². The quantitative estimate of drug-likeness (QED) is 0.675. The molecule has 0 aromatic heterocycles. The van der Waals surface area contributed by atoms with Crippen molar-refractivity contribution in [2.75, 3.05) is 19.6 Å². The summed E-state index contributed by atoms with van der Waals surface area (Å²) >= 11 is 0. The van der Waals surface area contributed by atoms with Gasteiger partial charge in [-0.3, -0.25) is 9.59 Å². The van der Waals surface area contributed by atoms with E-state index in [-0.39, 0.29) is 35.6 Å². The van der Waals surface area contributed by atoms with E-state index in [1.165, 1.54) is 5.56 Å². The number of halogens is 1. The fourth-order valence-electron chi connectivity index (χ4n) is 3.33. The normalized spacial score (nSPS) is 18.1. The van der Waals surface area contributed by atoms with Gasteiger partial charge in [-0.1, -0.05) is 46.8 Å². The highest BCUT2D eigenvalue weighted by Crippen LogP contribution is 2.22. The van der Waals surface area contributed by atoms with Crippen LogP contribution in [-0.2, 0) is 10.2 Å². The highest BCUT2D eigenvalue weighted by atomic mass is 35.5. The van der Waals surface area contributed by atoms with E-state index in [0.29, 0.717) is 18.0 Å². The number of amides is 2. The monoisotopic (exact) mass is 409 g/mol. The van der Waals surface area contributed by atoms with Gasteiger partial charge in [0.15, 0.2) is 0 Å². The molecule has 0 saturated carbocycles. The average molecular weight is 410 g/mol. The first-order valence-electron chi connectivity index (χ1n) is 10.1. The number of piperidine rings is 1. The zero-order chi connectivity index (χ0) is 20.0. The second-order valence-electron chi connectivity index (χ2n) is 8.98. The van der Waals surface area contributed by atoms with Crippen molar-refractivity contribution < 1.29 is 9.59 Å². The lowest BCUT2D eigenvalue weighted by molar-refractivity contribution is -0.124. The Hall–Kier alpha value is -1.59. The molecule has 0 bridgehead atoms. The van der Waals surface area contributed by atoms with Gasteiger partial charge in [-0.25, -0.2) is 0 Å². The van der Waals surface area contributed by atoms with E-state index in [1.807, 2.05) is 38.1 Å². The summed E-state index contributed by atoms with van der Waals surface area (Å²) in [5, 5.41) is 9.30. The highest BCUT2D eigenvalue weighted by molar-refractivity contribution is 5.97. The van der Waals surface area contributed by atoms with Gasteiger partial charge in [-0.2, -0.15) is 0 Å². The number of hydrogen-bond donors (Lipinski definition) is 3. The molecule has 1 aliphatic heterocycles. The largest absolute Gasteiger partial charge is 0.354 e. The minimum atomic E-state index is -0.531. The Kier molecular flexibility index (Phi) is 9.45. The predicted molar refractivity (Wildman–Crippen MR) is 117 cm³/mol. The lowest BCUT2D eigenvalue weighted by Gasteiger charge is -2.26. The Bertz CT molecular complexity index is 632. The molecule has 2 rings (SSSR count). The number of nitrogens with one attached hydrogen (secondary N) is 3. The number of hydrogen-bond acceptors (Lipinski definition) is 3. The smallest absolute Gasteiger partial charge is 0.251 e. The molecule has 3 N–H and O–H groups in total. The highest BCUT2D eigenvalue weighted by Gasteiger charge is 2.25. The van der Waals surface area contributed by atoms with Crippen molar-refractivity contribution in [2.45, 2.75) is 58.9 Å². The molecule has 1 saturated heterocycles. The summed E-state index contributed by atoms with van der Waals surface area (Å²) in [7, 11) is 0. The minimum absolute atomic E-state index is 0. The molecule has 2 atom stereocenters. The molecule has 1 aromatic carbocycles. The van der Waals surface area contributed by atoms with Crippen molar-refractivity contribution in [3.8, 4) is 0 Å².